The van der Waals surface area contributed by atoms with Crippen molar-refractivity contribution in [3.63, 3.8) is 0 Å². The van der Waals surface area contributed by atoms with E-state index in [1.807, 2.05) is 0 Å². The zero-order valence-corrected chi connectivity index (χ0v) is 19.8. The highest BCUT2D eigenvalue weighted by molar-refractivity contribution is 5.90. The van der Waals surface area contributed by atoms with E-state index in [0.717, 1.165) is 0 Å². The second-order valence-electron chi connectivity index (χ2n) is 8.57. The maximum Gasteiger partial charge on any atom is 0.317 e. The zero-order valence-electron chi connectivity index (χ0n) is 19.8. The maximum atomic E-state index is 13.1. The van der Waals surface area contributed by atoms with Crippen LogP contribution in [0.3, 0.4) is 0 Å². The normalized spacial score (nSPS) is 23.2. The minimum atomic E-state index is -1.31. The van der Waals surface area contributed by atoms with E-state index in [2.05, 4.69) is 0 Å². The first kappa shape index (κ1) is 23.6. The van der Waals surface area contributed by atoms with E-state index in [1.165, 1.54) is 21.3 Å². The smallest absolute Gasteiger partial charge is 0.317 e. The fraction of sp³-hybridized carbons (Fsp3) is 0.400. The molecule has 36 heavy (non-hydrogen) atoms. The molecule has 1 saturated heterocycles. The Morgan fingerprint density at radius 1 is 0.944 bits per heavy atom. The van der Waals surface area contributed by atoms with Crippen molar-refractivity contribution in [2.45, 2.75) is 18.4 Å². The standard InChI is InChI=1S/C25H24O11/c1-30-17-4-11(5-18(31-2)24(17)32-3)21-12-6-15-16(35-10-34-15)7-13(12)23(36-20(28)8-19(26)27)14-9-33-25(29)22(14)21/h4-7,14,21-23H,8-10H2,1-3H3,(H,26,27)/t14?,21?,22-,23+/m1/s1. The van der Waals surface area contributed by atoms with Gasteiger partial charge in [0, 0.05) is 17.4 Å². The Bertz CT molecular complexity index is 1210. The molecule has 2 heterocycles. The SMILES string of the molecule is COc1cc(C2c3cc4c(cc3[C@H](OC(=O)CC(=O)O)C3COC(=O)[C@@H]23)OCO4)cc(OC)c1OC. The average molecular weight is 500 g/mol. The molecular formula is C25H24O11. The summed E-state index contributed by atoms with van der Waals surface area (Å²) in [5.74, 6) is -2.37. The molecule has 11 nitrogen and oxygen atoms in total. The first-order chi connectivity index (χ1) is 17.4. The predicted molar refractivity (Wildman–Crippen MR) is 120 cm³/mol. The van der Waals surface area contributed by atoms with Crippen LogP contribution >= 0.6 is 0 Å². The minimum Gasteiger partial charge on any atom is -0.493 e. The van der Waals surface area contributed by atoms with Gasteiger partial charge in [0.05, 0.1) is 33.9 Å². The van der Waals surface area contributed by atoms with Crippen LogP contribution in [0, 0.1) is 11.8 Å². The van der Waals surface area contributed by atoms with Crippen molar-refractivity contribution in [1.82, 2.24) is 0 Å². The summed E-state index contributed by atoms with van der Waals surface area (Å²) >= 11 is 0. The number of carbonyl (C=O) groups is 3. The van der Waals surface area contributed by atoms with Gasteiger partial charge in [-0.2, -0.15) is 0 Å². The Morgan fingerprint density at radius 2 is 1.58 bits per heavy atom. The molecule has 3 aliphatic rings. The third-order valence-electron chi connectivity index (χ3n) is 6.72. The molecule has 2 aromatic rings. The molecule has 1 fully saturated rings. The molecule has 5 rings (SSSR count). The van der Waals surface area contributed by atoms with Crippen molar-refractivity contribution in [3.8, 4) is 28.7 Å². The lowest BCUT2D eigenvalue weighted by molar-refractivity contribution is -0.159. The summed E-state index contributed by atoms with van der Waals surface area (Å²) in [7, 11) is 4.49. The van der Waals surface area contributed by atoms with Crippen molar-refractivity contribution in [1.29, 1.82) is 0 Å². The number of hydrogen-bond donors (Lipinski definition) is 1. The number of fused-ring (bicyclic) bond motifs is 3. The van der Waals surface area contributed by atoms with E-state index < -0.39 is 48.2 Å². The van der Waals surface area contributed by atoms with E-state index in [1.54, 1.807) is 24.3 Å². The lowest BCUT2D eigenvalue weighted by Crippen LogP contribution is -2.36. The number of aliphatic carboxylic acids is 1. The Balaban J connectivity index is 1.70. The quantitative estimate of drug-likeness (QED) is 0.443. The Labute approximate surface area is 205 Å². The predicted octanol–water partition coefficient (Wildman–Crippen LogP) is 2.43. The lowest BCUT2D eigenvalue weighted by Gasteiger charge is -2.38. The van der Waals surface area contributed by atoms with Gasteiger partial charge in [0.25, 0.3) is 0 Å². The molecule has 2 aromatic carbocycles. The molecule has 1 N–H and O–H groups in total. The summed E-state index contributed by atoms with van der Waals surface area (Å²) in [4.78, 5) is 36.6. The molecule has 0 radical (unpaired) electrons. The maximum absolute atomic E-state index is 13.1. The van der Waals surface area contributed by atoms with E-state index in [4.69, 9.17) is 38.3 Å². The van der Waals surface area contributed by atoms with Crippen LogP contribution in [0.1, 0.15) is 35.1 Å². The fourth-order valence-electron chi connectivity index (χ4n) is 5.25. The average Bonchev–Trinajstić information content (AvgIpc) is 3.47. The molecule has 0 spiro atoms. The number of esters is 2. The Morgan fingerprint density at radius 3 is 2.17 bits per heavy atom. The second kappa shape index (κ2) is 9.14. The number of hydrogen-bond acceptors (Lipinski definition) is 10. The molecule has 190 valence electrons. The van der Waals surface area contributed by atoms with Crippen LogP contribution in [-0.4, -0.2) is 57.7 Å². The van der Waals surface area contributed by atoms with Gasteiger partial charge in [-0.3, -0.25) is 14.4 Å². The fourth-order valence-corrected chi connectivity index (χ4v) is 5.25. The zero-order chi connectivity index (χ0) is 25.6. The number of methoxy groups -OCH3 is 3. The highest BCUT2D eigenvalue weighted by Crippen LogP contribution is 2.56. The molecule has 2 aliphatic heterocycles. The molecule has 2 unspecified atom stereocenters. The molecule has 1 aliphatic carbocycles. The van der Waals surface area contributed by atoms with E-state index in [0.29, 0.717) is 45.4 Å². The molecular weight excluding hydrogens is 476 g/mol. The van der Waals surface area contributed by atoms with E-state index in [-0.39, 0.29) is 13.4 Å². The lowest BCUT2D eigenvalue weighted by atomic mass is 9.66. The van der Waals surface area contributed by atoms with E-state index >= 15 is 0 Å². The summed E-state index contributed by atoms with van der Waals surface area (Å²) in [6, 6.07) is 6.99. The molecule has 4 atom stereocenters. The second-order valence-corrected chi connectivity index (χ2v) is 8.57. The Kier molecular flexibility index (Phi) is 5.99. The van der Waals surface area contributed by atoms with Gasteiger partial charge in [-0.25, -0.2) is 0 Å². The van der Waals surface area contributed by atoms with Gasteiger partial charge < -0.3 is 38.3 Å². The van der Waals surface area contributed by atoms with Crippen LogP contribution in [0.15, 0.2) is 24.3 Å². The van der Waals surface area contributed by atoms with Crippen molar-refractivity contribution >= 4 is 17.9 Å². The van der Waals surface area contributed by atoms with Crippen LogP contribution in [-0.2, 0) is 23.9 Å². The highest BCUT2D eigenvalue weighted by Gasteiger charge is 2.54. The topological polar surface area (TPSA) is 136 Å². The van der Waals surface area contributed by atoms with Crippen LogP contribution in [0.4, 0.5) is 0 Å². The number of rotatable bonds is 7. The molecule has 11 heteroatoms. The van der Waals surface area contributed by atoms with Crippen molar-refractivity contribution < 1.29 is 52.6 Å². The number of carbonyl (C=O) groups excluding carboxylic acids is 2. The minimum absolute atomic E-state index is 0.00330. The van der Waals surface area contributed by atoms with E-state index in [9.17, 15) is 14.4 Å². The third kappa shape index (κ3) is 3.80. The number of ether oxygens (including phenoxy) is 7. The molecule has 0 saturated carbocycles. The molecule has 0 aromatic heterocycles. The van der Waals surface area contributed by atoms with Gasteiger partial charge in [-0.05, 0) is 35.4 Å². The van der Waals surface area contributed by atoms with Crippen LogP contribution in [0.5, 0.6) is 28.7 Å². The number of benzene rings is 2. The van der Waals surface area contributed by atoms with Gasteiger partial charge in [-0.1, -0.05) is 0 Å². The number of carboxylic acid groups (broad SMARTS) is 1. The van der Waals surface area contributed by atoms with Crippen molar-refractivity contribution in [2.24, 2.45) is 11.8 Å². The van der Waals surface area contributed by atoms with Crippen molar-refractivity contribution in [3.05, 3.63) is 41.0 Å². The first-order valence-electron chi connectivity index (χ1n) is 11.2. The summed E-state index contributed by atoms with van der Waals surface area (Å²) < 4.78 is 38.7. The highest BCUT2D eigenvalue weighted by atomic mass is 16.7. The van der Waals surface area contributed by atoms with Gasteiger partial charge >= 0.3 is 17.9 Å². The summed E-state index contributed by atoms with van der Waals surface area (Å²) in [5.41, 5.74) is 1.92. The summed E-state index contributed by atoms with van der Waals surface area (Å²) in [6.45, 7) is 0.0226. The number of carboxylic acids is 1. The first-order valence-corrected chi connectivity index (χ1v) is 11.2. The van der Waals surface area contributed by atoms with Crippen LogP contribution in [0.2, 0.25) is 0 Å². The number of cyclic esters (lactones) is 1. The van der Waals surface area contributed by atoms with Crippen LogP contribution in [0.25, 0.3) is 0 Å². The van der Waals surface area contributed by atoms with Gasteiger partial charge in [0.15, 0.2) is 23.0 Å². The third-order valence-corrected chi connectivity index (χ3v) is 6.72. The largest absolute Gasteiger partial charge is 0.493 e. The monoisotopic (exact) mass is 500 g/mol. The summed E-state index contributed by atoms with van der Waals surface area (Å²) in [5, 5.41) is 9.05. The molecule has 0 bridgehead atoms. The van der Waals surface area contributed by atoms with Crippen LogP contribution < -0.4 is 23.7 Å². The molecule has 0 amide bonds. The summed E-state index contributed by atoms with van der Waals surface area (Å²) in [6.07, 6.45) is -1.73. The van der Waals surface area contributed by atoms with Gasteiger partial charge in [-0.15, -0.1) is 0 Å². The van der Waals surface area contributed by atoms with Gasteiger partial charge in [0.1, 0.15) is 12.5 Å². The Hall–Kier alpha value is -4.15. The van der Waals surface area contributed by atoms with Crippen molar-refractivity contribution in [2.75, 3.05) is 34.7 Å². The van der Waals surface area contributed by atoms with Gasteiger partial charge in [0.2, 0.25) is 12.5 Å².